The zero-order chi connectivity index (χ0) is 18.5. The molecule has 0 radical (unpaired) electrons. The number of carbonyl (C=O) groups excluding carboxylic acids is 3. The van der Waals surface area contributed by atoms with Gasteiger partial charge < -0.3 is 4.42 Å². The molecule has 0 fully saturated rings. The standard InChI is InChI=1S/C19H10O6S/c20-10-11-5-8-17(25-11)26(23,24)12-6-7-15-16(9-12)19(22)14-4-2-1-3-13(14)18(15)21/h1-10H. The van der Waals surface area contributed by atoms with Crippen LogP contribution < -0.4 is 0 Å². The van der Waals surface area contributed by atoms with Crippen LogP contribution in [0.25, 0.3) is 0 Å². The van der Waals surface area contributed by atoms with Crippen LogP contribution in [0.5, 0.6) is 0 Å². The molecule has 1 aliphatic carbocycles. The number of furan rings is 1. The molecule has 0 N–H and O–H groups in total. The highest BCUT2D eigenvalue weighted by atomic mass is 32.2. The maximum atomic E-state index is 12.7. The third-order valence-corrected chi connectivity index (χ3v) is 5.81. The number of hydrogen-bond donors (Lipinski definition) is 0. The van der Waals surface area contributed by atoms with Gasteiger partial charge in [0.15, 0.2) is 23.6 Å². The van der Waals surface area contributed by atoms with Crippen LogP contribution in [-0.4, -0.2) is 26.3 Å². The van der Waals surface area contributed by atoms with E-state index in [0.29, 0.717) is 11.8 Å². The van der Waals surface area contributed by atoms with Crippen molar-refractivity contribution in [3.63, 3.8) is 0 Å². The molecule has 26 heavy (non-hydrogen) atoms. The molecule has 0 atom stereocenters. The summed E-state index contributed by atoms with van der Waals surface area (Å²) in [5.41, 5.74) is 0.709. The van der Waals surface area contributed by atoms with Crippen LogP contribution >= 0.6 is 0 Å². The lowest BCUT2D eigenvalue weighted by Gasteiger charge is -2.17. The Morgan fingerprint density at radius 1 is 0.769 bits per heavy atom. The normalized spacial score (nSPS) is 13.2. The van der Waals surface area contributed by atoms with Crippen molar-refractivity contribution in [2.45, 2.75) is 9.99 Å². The minimum Gasteiger partial charge on any atom is -0.442 e. The van der Waals surface area contributed by atoms with Gasteiger partial charge in [0, 0.05) is 22.3 Å². The molecular formula is C19H10O6S. The fraction of sp³-hybridized carbons (Fsp3) is 0. The first-order valence-electron chi connectivity index (χ1n) is 7.56. The van der Waals surface area contributed by atoms with E-state index in [1.165, 1.54) is 36.4 Å². The maximum Gasteiger partial charge on any atom is 0.239 e. The molecule has 0 spiro atoms. The van der Waals surface area contributed by atoms with Crippen LogP contribution in [0.2, 0.25) is 0 Å². The second-order valence-corrected chi connectivity index (χ2v) is 7.57. The van der Waals surface area contributed by atoms with Crippen molar-refractivity contribution >= 4 is 27.7 Å². The quantitative estimate of drug-likeness (QED) is 0.517. The molecule has 1 aromatic heterocycles. The van der Waals surface area contributed by atoms with Crippen LogP contribution in [0.3, 0.4) is 0 Å². The lowest BCUT2D eigenvalue weighted by molar-refractivity contribution is 0.0979. The second kappa shape index (κ2) is 5.60. The Balaban J connectivity index is 1.87. The van der Waals surface area contributed by atoms with Crippen molar-refractivity contribution in [3.05, 3.63) is 82.6 Å². The highest BCUT2D eigenvalue weighted by Crippen LogP contribution is 2.31. The van der Waals surface area contributed by atoms with Gasteiger partial charge in [0.1, 0.15) is 0 Å². The molecule has 4 rings (SSSR count). The van der Waals surface area contributed by atoms with E-state index in [1.54, 1.807) is 18.2 Å². The minimum atomic E-state index is -4.07. The molecule has 7 heteroatoms. The highest BCUT2D eigenvalue weighted by molar-refractivity contribution is 7.91. The zero-order valence-electron chi connectivity index (χ0n) is 13.1. The summed E-state index contributed by atoms with van der Waals surface area (Å²) in [4.78, 5) is 35.8. The summed E-state index contributed by atoms with van der Waals surface area (Å²) in [7, 11) is -4.07. The molecule has 0 saturated carbocycles. The van der Waals surface area contributed by atoms with Gasteiger partial charge >= 0.3 is 0 Å². The fourth-order valence-electron chi connectivity index (χ4n) is 2.90. The Bertz CT molecular complexity index is 1200. The molecule has 1 aliphatic rings. The molecule has 0 bridgehead atoms. The predicted molar refractivity (Wildman–Crippen MR) is 89.3 cm³/mol. The van der Waals surface area contributed by atoms with Crippen molar-refractivity contribution in [1.82, 2.24) is 0 Å². The van der Waals surface area contributed by atoms with Crippen LogP contribution in [0, 0.1) is 0 Å². The third-order valence-electron chi connectivity index (χ3n) is 4.19. The Kier molecular flexibility index (Phi) is 3.48. The molecule has 2 aromatic carbocycles. The van der Waals surface area contributed by atoms with Crippen molar-refractivity contribution in [3.8, 4) is 0 Å². The van der Waals surface area contributed by atoms with Crippen molar-refractivity contribution in [2.24, 2.45) is 0 Å². The summed E-state index contributed by atoms with van der Waals surface area (Å²) in [5, 5.41) is -0.408. The van der Waals surface area contributed by atoms with E-state index < -0.39 is 20.7 Å². The number of hydrogen-bond acceptors (Lipinski definition) is 6. The Labute approximate surface area is 148 Å². The molecule has 0 aliphatic heterocycles. The average molecular weight is 366 g/mol. The highest BCUT2D eigenvalue weighted by Gasteiger charge is 2.31. The van der Waals surface area contributed by atoms with Crippen LogP contribution in [0.1, 0.15) is 42.4 Å². The number of rotatable bonds is 3. The summed E-state index contributed by atoms with van der Waals surface area (Å²) in [6, 6.07) is 12.5. The SMILES string of the molecule is O=Cc1ccc(S(=O)(=O)c2ccc3c(c2)C(=O)c2ccccc2C3=O)o1. The Morgan fingerprint density at radius 3 is 2.00 bits per heavy atom. The summed E-state index contributed by atoms with van der Waals surface area (Å²) in [5.74, 6) is -0.873. The van der Waals surface area contributed by atoms with Crippen molar-refractivity contribution in [1.29, 1.82) is 0 Å². The van der Waals surface area contributed by atoms with E-state index in [9.17, 15) is 22.8 Å². The van der Waals surface area contributed by atoms with Gasteiger partial charge in [-0.25, -0.2) is 8.42 Å². The van der Waals surface area contributed by atoms with Crippen LogP contribution in [-0.2, 0) is 9.84 Å². The smallest absolute Gasteiger partial charge is 0.239 e. The monoisotopic (exact) mass is 366 g/mol. The summed E-state index contributed by atoms with van der Waals surface area (Å²) >= 11 is 0. The minimum absolute atomic E-state index is 0.0249. The van der Waals surface area contributed by atoms with Crippen molar-refractivity contribution < 1.29 is 27.2 Å². The molecule has 1 heterocycles. The first kappa shape index (κ1) is 16.2. The maximum absolute atomic E-state index is 12.7. The fourth-order valence-corrected chi connectivity index (χ4v) is 4.11. The molecule has 6 nitrogen and oxygen atoms in total. The van der Waals surface area contributed by atoms with Crippen LogP contribution in [0.15, 0.2) is 69.0 Å². The van der Waals surface area contributed by atoms with Gasteiger partial charge in [-0.1, -0.05) is 24.3 Å². The van der Waals surface area contributed by atoms with E-state index in [0.717, 1.165) is 0 Å². The topological polar surface area (TPSA) is 98.5 Å². The first-order chi connectivity index (χ1) is 12.4. The predicted octanol–water partition coefficient (Wildman–Crippen LogP) is 2.70. The first-order valence-corrected chi connectivity index (χ1v) is 9.04. The lowest BCUT2D eigenvalue weighted by atomic mass is 9.84. The summed E-state index contributed by atoms with van der Waals surface area (Å²) in [6.07, 6.45) is 0.394. The van der Waals surface area contributed by atoms with Gasteiger partial charge in [0.2, 0.25) is 14.9 Å². The summed E-state index contributed by atoms with van der Waals surface area (Å²) in [6.45, 7) is 0. The van der Waals surface area contributed by atoms with E-state index in [4.69, 9.17) is 4.42 Å². The third kappa shape index (κ3) is 2.25. The van der Waals surface area contributed by atoms with Gasteiger partial charge in [0.05, 0.1) is 4.90 Å². The van der Waals surface area contributed by atoms with Gasteiger partial charge in [-0.2, -0.15) is 0 Å². The van der Waals surface area contributed by atoms with E-state index in [1.807, 2.05) is 0 Å². The average Bonchev–Trinajstić information content (AvgIpc) is 3.16. The Morgan fingerprint density at radius 2 is 1.38 bits per heavy atom. The molecule has 0 amide bonds. The Hall–Kier alpha value is -3.32. The number of carbonyl (C=O) groups is 3. The number of aldehydes is 1. The second-order valence-electron chi connectivity index (χ2n) is 5.69. The number of fused-ring (bicyclic) bond motifs is 2. The van der Waals surface area contributed by atoms with E-state index >= 15 is 0 Å². The number of benzene rings is 2. The molecule has 0 saturated heterocycles. The number of ketones is 2. The lowest BCUT2D eigenvalue weighted by Crippen LogP contribution is -2.21. The molecular weight excluding hydrogens is 356 g/mol. The largest absolute Gasteiger partial charge is 0.442 e. The summed E-state index contributed by atoms with van der Waals surface area (Å²) < 4.78 is 30.3. The van der Waals surface area contributed by atoms with Gasteiger partial charge in [-0.15, -0.1) is 0 Å². The van der Waals surface area contributed by atoms with Gasteiger partial charge in [0.25, 0.3) is 0 Å². The molecule has 128 valence electrons. The molecule has 3 aromatic rings. The van der Waals surface area contributed by atoms with Gasteiger partial charge in [-0.05, 0) is 30.3 Å². The van der Waals surface area contributed by atoms with Gasteiger partial charge in [-0.3, -0.25) is 14.4 Å². The molecule has 0 unspecified atom stereocenters. The van der Waals surface area contributed by atoms with E-state index in [2.05, 4.69) is 0 Å². The van der Waals surface area contributed by atoms with E-state index in [-0.39, 0.29) is 33.1 Å². The zero-order valence-corrected chi connectivity index (χ0v) is 13.9. The van der Waals surface area contributed by atoms with Crippen molar-refractivity contribution in [2.75, 3.05) is 0 Å². The number of sulfone groups is 1. The van der Waals surface area contributed by atoms with Crippen LogP contribution in [0.4, 0.5) is 0 Å².